The van der Waals surface area contributed by atoms with Gasteiger partial charge in [-0.15, -0.1) is 0 Å². The van der Waals surface area contributed by atoms with Crippen molar-refractivity contribution in [1.82, 2.24) is 15.5 Å². The van der Waals surface area contributed by atoms with Crippen LogP contribution in [0.15, 0.2) is 42.5 Å². The lowest BCUT2D eigenvalue weighted by Crippen LogP contribution is -2.43. The number of fused-ring (bicyclic) bond motifs is 1. The van der Waals surface area contributed by atoms with Crippen LogP contribution in [-0.2, 0) is 16.1 Å². The quantitative estimate of drug-likeness (QED) is 0.675. The van der Waals surface area contributed by atoms with Crippen molar-refractivity contribution in [2.75, 3.05) is 20.8 Å². The summed E-state index contributed by atoms with van der Waals surface area (Å²) in [6.45, 7) is 0.117. The van der Waals surface area contributed by atoms with Gasteiger partial charge in [0, 0.05) is 18.2 Å². The molecular formula is C23H25N3O5. The Morgan fingerprint density at radius 3 is 2.48 bits per heavy atom. The van der Waals surface area contributed by atoms with Gasteiger partial charge in [-0.25, -0.2) is 0 Å². The van der Waals surface area contributed by atoms with Gasteiger partial charge in [0.2, 0.25) is 11.8 Å². The molecule has 0 saturated heterocycles. The number of hydrogen-bond acceptors (Lipinski definition) is 5. The molecule has 31 heavy (non-hydrogen) atoms. The van der Waals surface area contributed by atoms with E-state index in [1.54, 1.807) is 49.5 Å². The van der Waals surface area contributed by atoms with E-state index >= 15 is 0 Å². The Bertz CT molecular complexity index is 1020. The maximum absolute atomic E-state index is 12.9. The van der Waals surface area contributed by atoms with Crippen molar-refractivity contribution in [3.63, 3.8) is 0 Å². The van der Waals surface area contributed by atoms with Crippen LogP contribution in [0.5, 0.6) is 11.5 Å². The minimum absolute atomic E-state index is 0.0922. The highest BCUT2D eigenvalue weighted by Crippen LogP contribution is 2.41. The standard InChI is InChI=1S/C23H25N3O5/c1-30-18-10-7-14(11-19(18)31-2)12-24-20(27)13-25-22(28)21-16-5-3-4-6-17(16)23(29)26(21)15-8-9-15/h3-7,10-11,15,21H,8-9,12-13H2,1-2H3,(H,24,27)(H,25,28). The molecule has 1 aliphatic carbocycles. The largest absolute Gasteiger partial charge is 0.493 e. The number of benzene rings is 2. The maximum Gasteiger partial charge on any atom is 0.255 e. The predicted octanol–water partition coefficient (Wildman–Crippen LogP) is 1.80. The fraction of sp³-hybridized carbons (Fsp3) is 0.348. The Balaban J connectivity index is 1.35. The fourth-order valence-electron chi connectivity index (χ4n) is 3.85. The van der Waals surface area contributed by atoms with Crippen LogP contribution in [0.4, 0.5) is 0 Å². The maximum atomic E-state index is 12.9. The molecule has 0 radical (unpaired) electrons. The van der Waals surface area contributed by atoms with Crippen molar-refractivity contribution in [3.8, 4) is 11.5 Å². The summed E-state index contributed by atoms with van der Waals surface area (Å²) in [6.07, 6.45) is 1.80. The third kappa shape index (κ3) is 4.19. The molecule has 0 bridgehead atoms. The van der Waals surface area contributed by atoms with E-state index in [4.69, 9.17) is 9.47 Å². The van der Waals surface area contributed by atoms with E-state index in [1.165, 1.54) is 0 Å². The summed E-state index contributed by atoms with van der Waals surface area (Å²) in [7, 11) is 3.11. The van der Waals surface area contributed by atoms with Gasteiger partial charge in [-0.05, 0) is 42.2 Å². The van der Waals surface area contributed by atoms with Gasteiger partial charge in [-0.3, -0.25) is 14.4 Å². The minimum Gasteiger partial charge on any atom is -0.493 e. The summed E-state index contributed by atoms with van der Waals surface area (Å²) in [4.78, 5) is 39.6. The molecule has 1 fully saturated rings. The highest BCUT2D eigenvalue weighted by molar-refractivity contribution is 6.05. The van der Waals surface area contributed by atoms with E-state index in [2.05, 4.69) is 10.6 Å². The van der Waals surface area contributed by atoms with Gasteiger partial charge in [0.1, 0.15) is 6.04 Å². The van der Waals surface area contributed by atoms with Crippen LogP contribution >= 0.6 is 0 Å². The van der Waals surface area contributed by atoms with Crippen LogP contribution < -0.4 is 20.1 Å². The van der Waals surface area contributed by atoms with Crippen LogP contribution in [0.1, 0.15) is 40.4 Å². The number of carbonyl (C=O) groups excluding carboxylic acids is 3. The number of nitrogens with one attached hydrogen (secondary N) is 2. The second-order valence-corrected chi connectivity index (χ2v) is 7.62. The Hall–Kier alpha value is -3.55. The first kappa shape index (κ1) is 20.7. The molecule has 3 amide bonds. The second kappa shape index (κ2) is 8.67. The zero-order valence-electron chi connectivity index (χ0n) is 17.5. The van der Waals surface area contributed by atoms with Gasteiger partial charge in [-0.1, -0.05) is 24.3 Å². The fourth-order valence-corrected chi connectivity index (χ4v) is 3.85. The third-order valence-corrected chi connectivity index (χ3v) is 5.55. The third-order valence-electron chi connectivity index (χ3n) is 5.55. The number of amides is 3. The lowest BCUT2D eigenvalue weighted by Gasteiger charge is -2.24. The van der Waals surface area contributed by atoms with Gasteiger partial charge < -0.3 is 25.0 Å². The molecule has 8 heteroatoms. The summed E-state index contributed by atoms with van der Waals surface area (Å²) in [5, 5.41) is 5.46. The number of hydrogen-bond donors (Lipinski definition) is 2. The van der Waals surface area contributed by atoms with E-state index < -0.39 is 6.04 Å². The summed E-state index contributed by atoms with van der Waals surface area (Å²) in [5.74, 6) is 0.407. The number of carbonyl (C=O) groups is 3. The predicted molar refractivity (Wildman–Crippen MR) is 113 cm³/mol. The SMILES string of the molecule is COc1ccc(CNC(=O)CNC(=O)C2c3ccccc3C(=O)N2C2CC2)cc1OC. The molecule has 8 nitrogen and oxygen atoms in total. The van der Waals surface area contributed by atoms with Crippen molar-refractivity contribution in [2.24, 2.45) is 0 Å². The molecule has 2 aliphatic rings. The zero-order valence-corrected chi connectivity index (χ0v) is 17.5. The van der Waals surface area contributed by atoms with E-state index in [1.807, 2.05) is 12.1 Å². The minimum atomic E-state index is -0.685. The molecule has 2 N–H and O–H groups in total. The van der Waals surface area contributed by atoms with Crippen LogP contribution in [0.25, 0.3) is 0 Å². The number of nitrogens with zero attached hydrogens (tertiary/aromatic N) is 1. The van der Waals surface area contributed by atoms with Gasteiger partial charge in [0.15, 0.2) is 11.5 Å². The highest BCUT2D eigenvalue weighted by atomic mass is 16.5. The highest BCUT2D eigenvalue weighted by Gasteiger charge is 2.47. The van der Waals surface area contributed by atoms with Crippen molar-refractivity contribution in [1.29, 1.82) is 0 Å². The van der Waals surface area contributed by atoms with E-state index in [0.717, 1.165) is 18.4 Å². The average Bonchev–Trinajstić information content (AvgIpc) is 3.59. The zero-order chi connectivity index (χ0) is 22.0. The molecular weight excluding hydrogens is 398 g/mol. The molecule has 0 aromatic heterocycles. The van der Waals surface area contributed by atoms with E-state index in [9.17, 15) is 14.4 Å². The summed E-state index contributed by atoms with van der Waals surface area (Å²) >= 11 is 0. The first-order valence-electron chi connectivity index (χ1n) is 10.2. The molecule has 1 atom stereocenters. The van der Waals surface area contributed by atoms with Crippen LogP contribution in [0, 0.1) is 0 Å². The van der Waals surface area contributed by atoms with Crippen LogP contribution in [0.3, 0.4) is 0 Å². The molecule has 4 rings (SSSR count). The average molecular weight is 423 g/mol. The van der Waals surface area contributed by atoms with Gasteiger partial charge in [0.25, 0.3) is 5.91 Å². The summed E-state index contributed by atoms with van der Waals surface area (Å²) in [6, 6.07) is 11.9. The topological polar surface area (TPSA) is 97.0 Å². The molecule has 162 valence electrons. The Labute approximate surface area is 180 Å². The van der Waals surface area contributed by atoms with Gasteiger partial charge >= 0.3 is 0 Å². The molecule has 1 heterocycles. The Morgan fingerprint density at radius 1 is 1.03 bits per heavy atom. The van der Waals surface area contributed by atoms with Crippen molar-refractivity contribution < 1.29 is 23.9 Å². The lowest BCUT2D eigenvalue weighted by molar-refractivity contribution is -0.129. The van der Waals surface area contributed by atoms with Gasteiger partial charge in [0.05, 0.1) is 20.8 Å². The van der Waals surface area contributed by atoms with Gasteiger partial charge in [-0.2, -0.15) is 0 Å². The number of ether oxygens (including phenoxy) is 2. The lowest BCUT2D eigenvalue weighted by atomic mass is 10.0. The van der Waals surface area contributed by atoms with Crippen molar-refractivity contribution >= 4 is 17.7 Å². The molecule has 2 aromatic rings. The Kier molecular flexibility index (Phi) is 5.79. The van der Waals surface area contributed by atoms with Crippen molar-refractivity contribution in [3.05, 3.63) is 59.2 Å². The molecule has 1 unspecified atom stereocenters. The Morgan fingerprint density at radius 2 is 1.77 bits per heavy atom. The van der Waals surface area contributed by atoms with Crippen LogP contribution in [-0.4, -0.2) is 49.4 Å². The second-order valence-electron chi connectivity index (χ2n) is 7.62. The first-order valence-corrected chi connectivity index (χ1v) is 10.2. The monoisotopic (exact) mass is 423 g/mol. The summed E-state index contributed by atoms with van der Waals surface area (Å²) in [5.41, 5.74) is 2.10. The molecule has 2 aromatic carbocycles. The van der Waals surface area contributed by atoms with E-state index in [-0.39, 0.29) is 36.9 Å². The van der Waals surface area contributed by atoms with E-state index in [0.29, 0.717) is 22.6 Å². The smallest absolute Gasteiger partial charge is 0.255 e. The normalized spacial score (nSPS) is 17.2. The number of rotatable bonds is 8. The first-order chi connectivity index (χ1) is 15.0. The molecule has 1 aliphatic heterocycles. The number of methoxy groups -OCH3 is 2. The van der Waals surface area contributed by atoms with Crippen LogP contribution in [0.2, 0.25) is 0 Å². The molecule has 1 saturated carbocycles. The summed E-state index contributed by atoms with van der Waals surface area (Å²) < 4.78 is 10.5. The van der Waals surface area contributed by atoms with Crippen molar-refractivity contribution in [2.45, 2.75) is 31.5 Å². The molecule has 0 spiro atoms.